The quantitative estimate of drug-likeness (QED) is 0.486. The van der Waals surface area contributed by atoms with Crippen molar-refractivity contribution in [2.24, 2.45) is 0 Å². The number of hydrogen-bond donors (Lipinski definition) is 3. The number of carbonyl (C=O) groups is 1. The van der Waals surface area contributed by atoms with Gasteiger partial charge in [-0.25, -0.2) is 0 Å². The number of fused-ring (bicyclic) bond motifs is 1. The van der Waals surface area contributed by atoms with Gasteiger partial charge in [0.05, 0.1) is 0 Å². The molecule has 0 atom stereocenters. The van der Waals surface area contributed by atoms with Crippen LogP contribution in [0.3, 0.4) is 0 Å². The predicted molar refractivity (Wildman–Crippen MR) is 133 cm³/mol. The van der Waals surface area contributed by atoms with Crippen molar-refractivity contribution in [1.82, 2.24) is 15.2 Å². The molecular weight excluding hydrogens is 439 g/mol. The van der Waals surface area contributed by atoms with Crippen LogP contribution in [-0.4, -0.2) is 41.0 Å². The minimum absolute atomic E-state index is 0. The van der Waals surface area contributed by atoms with Crippen LogP contribution in [0, 0.1) is 0 Å². The van der Waals surface area contributed by atoms with E-state index >= 15 is 0 Å². The molecule has 2 aromatic carbocycles. The lowest BCUT2D eigenvalue weighted by Crippen LogP contribution is -2.34. The summed E-state index contributed by atoms with van der Waals surface area (Å²) in [5, 5.41) is 7.28. The molecule has 0 saturated heterocycles. The molecular formula is C22H24Cl2N4OS. The van der Waals surface area contributed by atoms with Crippen LogP contribution in [-0.2, 0) is 0 Å². The highest BCUT2D eigenvalue weighted by atomic mass is 35.5. The molecule has 0 spiro atoms. The van der Waals surface area contributed by atoms with Gasteiger partial charge in [0.1, 0.15) is 0 Å². The summed E-state index contributed by atoms with van der Waals surface area (Å²) in [7, 11) is 2.13. The first-order chi connectivity index (χ1) is 13.6. The lowest BCUT2D eigenvalue weighted by molar-refractivity contribution is 0.0977. The van der Waals surface area contributed by atoms with Crippen molar-refractivity contribution in [3.63, 3.8) is 0 Å². The van der Waals surface area contributed by atoms with Crippen LogP contribution in [0.25, 0.3) is 16.5 Å². The number of thiocarbonyl (C=S) groups is 1. The third-order valence-electron chi connectivity index (χ3n) is 4.96. The maximum absolute atomic E-state index is 12.2. The van der Waals surface area contributed by atoms with Gasteiger partial charge in [-0.3, -0.25) is 10.1 Å². The Hall–Kier alpha value is -2.38. The number of halogens is 2. The topological polar surface area (TPSA) is 60.2 Å². The molecule has 30 heavy (non-hydrogen) atoms. The number of hydrogen-bond acceptors (Lipinski definition) is 3. The fourth-order valence-electron chi connectivity index (χ4n) is 3.41. The maximum atomic E-state index is 12.2. The summed E-state index contributed by atoms with van der Waals surface area (Å²) in [6, 6.07) is 15.1. The standard InChI is InChI=1S/C22H22N4OS.2ClH/c1-26-11-9-15(10-12-26)19-14-23-20-8-7-17(13-18(19)20)24-22(28)25-21(27)16-5-3-2-4-6-16;;/h2-9,13-14,23H,10-12H2,1H3,(H2,24,25,27,28);2*1H. The Morgan fingerprint density at radius 3 is 2.60 bits per heavy atom. The first-order valence-electron chi connectivity index (χ1n) is 9.26. The van der Waals surface area contributed by atoms with Gasteiger partial charge in [-0.05, 0) is 61.6 Å². The van der Waals surface area contributed by atoms with Crippen molar-refractivity contribution in [3.8, 4) is 0 Å². The molecule has 0 unspecified atom stereocenters. The fraction of sp³-hybridized carbons (Fsp3) is 0.182. The molecule has 8 heteroatoms. The van der Waals surface area contributed by atoms with Crippen LogP contribution < -0.4 is 10.6 Å². The lowest BCUT2D eigenvalue weighted by Gasteiger charge is -2.21. The number of rotatable bonds is 3. The number of carbonyl (C=O) groups excluding carboxylic acids is 1. The predicted octanol–water partition coefficient (Wildman–Crippen LogP) is 4.86. The van der Waals surface area contributed by atoms with Gasteiger partial charge in [0.25, 0.3) is 5.91 Å². The number of benzene rings is 2. The van der Waals surface area contributed by atoms with Crippen LogP contribution in [0.1, 0.15) is 22.3 Å². The molecule has 1 aliphatic heterocycles. The number of likely N-dealkylation sites (N-methyl/N-ethyl adjacent to an activating group) is 1. The molecule has 158 valence electrons. The number of anilines is 1. The summed E-state index contributed by atoms with van der Waals surface area (Å²) in [4.78, 5) is 17.9. The number of H-pyrrole nitrogens is 1. The molecule has 0 fully saturated rings. The number of aromatic amines is 1. The van der Waals surface area contributed by atoms with Crippen molar-refractivity contribution < 1.29 is 4.79 Å². The Morgan fingerprint density at radius 2 is 1.90 bits per heavy atom. The van der Waals surface area contributed by atoms with Gasteiger partial charge in [-0.1, -0.05) is 24.3 Å². The van der Waals surface area contributed by atoms with E-state index in [0.717, 1.165) is 36.1 Å². The zero-order valence-electron chi connectivity index (χ0n) is 16.5. The van der Waals surface area contributed by atoms with E-state index in [-0.39, 0.29) is 35.8 Å². The van der Waals surface area contributed by atoms with Crippen molar-refractivity contribution in [1.29, 1.82) is 0 Å². The number of nitrogens with one attached hydrogen (secondary N) is 3. The molecule has 1 aromatic heterocycles. The van der Waals surface area contributed by atoms with Crippen LogP contribution in [0.5, 0.6) is 0 Å². The molecule has 0 aliphatic carbocycles. The van der Waals surface area contributed by atoms with Crippen LogP contribution >= 0.6 is 37.0 Å². The van der Waals surface area contributed by atoms with Gasteiger partial charge in [0, 0.05) is 47.0 Å². The Balaban J connectivity index is 0.00000160. The molecule has 3 aromatic rings. The van der Waals surface area contributed by atoms with Crippen LogP contribution in [0.4, 0.5) is 5.69 Å². The number of aromatic nitrogens is 1. The Bertz CT molecular complexity index is 1070. The second-order valence-electron chi connectivity index (χ2n) is 6.98. The lowest BCUT2D eigenvalue weighted by atomic mass is 9.99. The Labute approximate surface area is 193 Å². The van der Waals surface area contributed by atoms with Crippen molar-refractivity contribution in [3.05, 3.63) is 71.9 Å². The molecule has 1 amide bonds. The SMILES string of the molecule is CN1CC=C(c2c[nH]c3ccc(NC(=S)NC(=O)c4ccccc4)cc23)CC1.Cl.Cl. The van der Waals surface area contributed by atoms with Gasteiger partial charge in [-0.15, -0.1) is 24.8 Å². The van der Waals surface area contributed by atoms with Gasteiger partial charge in [0.15, 0.2) is 5.11 Å². The van der Waals surface area contributed by atoms with Gasteiger partial charge in [0.2, 0.25) is 0 Å². The third-order valence-corrected chi connectivity index (χ3v) is 5.16. The Morgan fingerprint density at radius 1 is 1.13 bits per heavy atom. The highest BCUT2D eigenvalue weighted by Gasteiger charge is 2.14. The van der Waals surface area contributed by atoms with E-state index in [0.29, 0.717) is 5.56 Å². The fourth-order valence-corrected chi connectivity index (χ4v) is 3.62. The normalized spacial score (nSPS) is 13.6. The van der Waals surface area contributed by atoms with Crippen LogP contribution in [0.2, 0.25) is 0 Å². The second-order valence-corrected chi connectivity index (χ2v) is 7.39. The van der Waals surface area contributed by atoms with E-state index in [1.54, 1.807) is 12.1 Å². The molecule has 0 saturated carbocycles. The van der Waals surface area contributed by atoms with E-state index in [1.807, 2.05) is 30.3 Å². The van der Waals surface area contributed by atoms with Crippen LogP contribution in [0.15, 0.2) is 60.8 Å². The van der Waals surface area contributed by atoms with Crippen molar-refractivity contribution in [2.75, 3.05) is 25.5 Å². The summed E-state index contributed by atoms with van der Waals surface area (Å²) in [5.41, 5.74) is 5.09. The third kappa shape index (κ3) is 5.40. The zero-order valence-corrected chi connectivity index (χ0v) is 18.9. The highest BCUT2D eigenvalue weighted by molar-refractivity contribution is 7.80. The summed E-state index contributed by atoms with van der Waals surface area (Å²) < 4.78 is 0. The minimum Gasteiger partial charge on any atom is -0.361 e. The molecule has 0 radical (unpaired) electrons. The Kier molecular flexibility index (Phi) is 8.43. The van der Waals surface area contributed by atoms with E-state index < -0.39 is 0 Å². The number of amides is 1. The first kappa shape index (κ1) is 23.9. The van der Waals surface area contributed by atoms with E-state index in [1.165, 1.54) is 11.1 Å². The number of nitrogens with zero attached hydrogens (tertiary/aromatic N) is 1. The first-order valence-corrected chi connectivity index (χ1v) is 9.67. The van der Waals surface area contributed by atoms with Gasteiger partial charge < -0.3 is 15.2 Å². The summed E-state index contributed by atoms with van der Waals surface area (Å²) in [6.07, 6.45) is 5.39. The van der Waals surface area contributed by atoms with Crippen molar-refractivity contribution >= 4 is 70.2 Å². The highest BCUT2D eigenvalue weighted by Crippen LogP contribution is 2.30. The van der Waals surface area contributed by atoms with E-state index in [9.17, 15) is 4.79 Å². The molecule has 3 N–H and O–H groups in total. The molecule has 5 nitrogen and oxygen atoms in total. The summed E-state index contributed by atoms with van der Waals surface area (Å²) in [6.45, 7) is 2.03. The molecule has 1 aliphatic rings. The molecule has 0 bridgehead atoms. The van der Waals surface area contributed by atoms with E-state index in [2.05, 4.69) is 45.9 Å². The van der Waals surface area contributed by atoms with E-state index in [4.69, 9.17) is 12.2 Å². The monoisotopic (exact) mass is 462 g/mol. The average molecular weight is 463 g/mol. The largest absolute Gasteiger partial charge is 0.361 e. The summed E-state index contributed by atoms with van der Waals surface area (Å²) in [5.74, 6) is -0.224. The van der Waals surface area contributed by atoms with Gasteiger partial charge in [-0.2, -0.15) is 0 Å². The molecule has 2 heterocycles. The summed E-state index contributed by atoms with van der Waals surface area (Å²) >= 11 is 5.32. The van der Waals surface area contributed by atoms with Gasteiger partial charge >= 0.3 is 0 Å². The molecule has 4 rings (SSSR count). The average Bonchev–Trinajstić information content (AvgIpc) is 3.12. The smallest absolute Gasteiger partial charge is 0.257 e. The zero-order chi connectivity index (χ0) is 19.5. The second kappa shape index (κ2) is 10.6. The maximum Gasteiger partial charge on any atom is 0.257 e. The van der Waals surface area contributed by atoms with Crippen molar-refractivity contribution in [2.45, 2.75) is 6.42 Å². The minimum atomic E-state index is -0.224.